The van der Waals surface area contributed by atoms with Crippen molar-refractivity contribution in [3.05, 3.63) is 34.9 Å². The van der Waals surface area contributed by atoms with Crippen LogP contribution in [0.2, 0.25) is 5.02 Å². The van der Waals surface area contributed by atoms with Gasteiger partial charge in [0.25, 0.3) is 0 Å². The SMILES string of the molecule is CC(CO)C(N)c1cccc(Cl)c1. The fourth-order valence-corrected chi connectivity index (χ4v) is 1.35. The first-order valence-electron chi connectivity index (χ1n) is 4.27. The van der Waals surface area contributed by atoms with Crippen LogP contribution in [0.4, 0.5) is 0 Å². The molecule has 0 saturated heterocycles. The maximum absolute atomic E-state index is 8.92. The summed E-state index contributed by atoms with van der Waals surface area (Å²) in [6, 6.07) is 7.27. The molecule has 1 aromatic carbocycles. The van der Waals surface area contributed by atoms with Gasteiger partial charge in [-0.25, -0.2) is 0 Å². The second kappa shape index (κ2) is 4.61. The third kappa shape index (κ3) is 2.69. The fourth-order valence-electron chi connectivity index (χ4n) is 1.16. The van der Waals surface area contributed by atoms with E-state index in [1.807, 2.05) is 25.1 Å². The lowest BCUT2D eigenvalue weighted by atomic mass is 9.96. The number of rotatable bonds is 3. The first kappa shape index (κ1) is 10.5. The van der Waals surface area contributed by atoms with Crippen molar-refractivity contribution in [2.24, 2.45) is 11.7 Å². The molecule has 0 aliphatic rings. The van der Waals surface area contributed by atoms with Gasteiger partial charge < -0.3 is 10.8 Å². The lowest BCUT2D eigenvalue weighted by Gasteiger charge is -2.17. The zero-order valence-corrected chi connectivity index (χ0v) is 8.33. The maximum atomic E-state index is 8.92. The summed E-state index contributed by atoms with van der Waals surface area (Å²) in [7, 11) is 0. The van der Waals surface area contributed by atoms with Crippen LogP contribution >= 0.6 is 11.6 Å². The topological polar surface area (TPSA) is 46.2 Å². The van der Waals surface area contributed by atoms with E-state index >= 15 is 0 Å². The molecule has 0 spiro atoms. The highest BCUT2D eigenvalue weighted by atomic mass is 35.5. The van der Waals surface area contributed by atoms with Crippen molar-refractivity contribution in [1.82, 2.24) is 0 Å². The number of hydrogen-bond acceptors (Lipinski definition) is 2. The number of benzene rings is 1. The minimum absolute atomic E-state index is 0.0541. The lowest BCUT2D eigenvalue weighted by molar-refractivity contribution is 0.217. The quantitative estimate of drug-likeness (QED) is 0.782. The number of aliphatic hydroxyl groups excluding tert-OH is 1. The van der Waals surface area contributed by atoms with Crippen LogP contribution in [0.1, 0.15) is 18.5 Å². The summed E-state index contributed by atoms with van der Waals surface area (Å²) in [6.07, 6.45) is 0. The highest BCUT2D eigenvalue weighted by molar-refractivity contribution is 6.30. The van der Waals surface area contributed by atoms with Crippen molar-refractivity contribution in [3.63, 3.8) is 0 Å². The Balaban J connectivity index is 2.82. The molecule has 1 rings (SSSR count). The Hall–Kier alpha value is -0.570. The van der Waals surface area contributed by atoms with E-state index in [9.17, 15) is 0 Å². The molecule has 2 nitrogen and oxygen atoms in total. The molecule has 3 N–H and O–H groups in total. The molecule has 0 radical (unpaired) electrons. The van der Waals surface area contributed by atoms with Gasteiger partial charge in [0.05, 0.1) is 0 Å². The Morgan fingerprint density at radius 3 is 2.77 bits per heavy atom. The van der Waals surface area contributed by atoms with E-state index in [4.69, 9.17) is 22.4 Å². The number of aliphatic hydroxyl groups is 1. The van der Waals surface area contributed by atoms with E-state index in [2.05, 4.69) is 0 Å². The Morgan fingerprint density at radius 2 is 2.23 bits per heavy atom. The zero-order valence-electron chi connectivity index (χ0n) is 7.57. The van der Waals surface area contributed by atoms with Gasteiger partial charge in [0.15, 0.2) is 0 Å². The van der Waals surface area contributed by atoms with Gasteiger partial charge in [-0.2, -0.15) is 0 Å². The van der Waals surface area contributed by atoms with Gasteiger partial charge in [-0.1, -0.05) is 30.7 Å². The second-order valence-corrected chi connectivity index (χ2v) is 3.68. The van der Waals surface area contributed by atoms with Gasteiger partial charge in [-0.15, -0.1) is 0 Å². The lowest BCUT2D eigenvalue weighted by Crippen LogP contribution is -2.21. The highest BCUT2D eigenvalue weighted by Crippen LogP contribution is 2.21. The molecular formula is C10H14ClNO. The van der Waals surface area contributed by atoms with Crippen LogP contribution in [-0.4, -0.2) is 11.7 Å². The average Bonchev–Trinajstić information content (AvgIpc) is 2.15. The molecule has 1 aromatic rings. The highest BCUT2D eigenvalue weighted by Gasteiger charge is 2.13. The Morgan fingerprint density at radius 1 is 1.54 bits per heavy atom. The standard InChI is InChI=1S/C10H14ClNO/c1-7(6-13)10(12)8-3-2-4-9(11)5-8/h2-5,7,10,13H,6,12H2,1H3. The fraction of sp³-hybridized carbons (Fsp3) is 0.400. The third-order valence-corrected chi connectivity index (χ3v) is 2.37. The first-order valence-corrected chi connectivity index (χ1v) is 4.65. The molecule has 0 aliphatic heterocycles. The van der Waals surface area contributed by atoms with Crippen LogP contribution in [0.25, 0.3) is 0 Å². The molecule has 0 aliphatic carbocycles. The largest absolute Gasteiger partial charge is 0.396 e. The monoisotopic (exact) mass is 199 g/mol. The number of halogens is 1. The summed E-state index contributed by atoms with van der Waals surface area (Å²) in [5, 5.41) is 9.60. The van der Waals surface area contributed by atoms with Crippen molar-refractivity contribution in [2.45, 2.75) is 13.0 Å². The van der Waals surface area contributed by atoms with E-state index in [1.54, 1.807) is 6.07 Å². The van der Waals surface area contributed by atoms with Crippen LogP contribution in [0.15, 0.2) is 24.3 Å². The van der Waals surface area contributed by atoms with Gasteiger partial charge in [-0.05, 0) is 23.6 Å². The average molecular weight is 200 g/mol. The molecule has 0 bridgehead atoms. The van der Waals surface area contributed by atoms with Crippen LogP contribution in [0.3, 0.4) is 0 Å². The number of nitrogens with two attached hydrogens (primary N) is 1. The van der Waals surface area contributed by atoms with Crippen LogP contribution in [0.5, 0.6) is 0 Å². The maximum Gasteiger partial charge on any atom is 0.0474 e. The van der Waals surface area contributed by atoms with Crippen LogP contribution in [-0.2, 0) is 0 Å². The van der Waals surface area contributed by atoms with Gasteiger partial charge in [0.1, 0.15) is 0 Å². The predicted octanol–water partition coefficient (Wildman–Crippen LogP) is 1.97. The van der Waals surface area contributed by atoms with Crippen molar-refractivity contribution in [2.75, 3.05) is 6.61 Å². The summed E-state index contributed by atoms with van der Waals surface area (Å²) in [6.45, 7) is 2.00. The molecule has 0 amide bonds. The Bertz CT molecular complexity index is 277. The smallest absolute Gasteiger partial charge is 0.0474 e. The predicted molar refractivity (Wildman–Crippen MR) is 54.6 cm³/mol. The minimum atomic E-state index is -0.149. The van der Waals surface area contributed by atoms with Crippen molar-refractivity contribution in [1.29, 1.82) is 0 Å². The normalized spacial score (nSPS) is 15.4. The van der Waals surface area contributed by atoms with Gasteiger partial charge >= 0.3 is 0 Å². The molecule has 0 aromatic heterocycles. The van der Waals surface area contributed by atoms with Gasteiger partial charge in [0.2, 0.25) is 0 Å². The van der Waals surface area contributed by atoms with Crippen LogP contribution in [0, 0.1) is 5.92 Å². The molecule has 2 unspecified atom stereocenters. The van der Waals surface area contributed by atoms with E-state index in [0.717, 1.165) is 5.56 Å². The molecule has 72 valence electrons. The molecule has 0 saturated carbocycles. The van der Waals surface area contributed by atoms with Crippen LogP contribution < -0.4 is 5.73 Å². The van der Waals surface area contributed by atoms with E-state index in [1.165, 1.54) is 0 Å². The molecule has 2 atom stereocenters. The molecule has 3 heteroatoms. The molecule has 0 heterocycles. The summed E-state index contributed by atoms with van der Waals surface area (Å²) in [4.78, 5) is 0. The van der Waals surface area contributed by atoms with Crippen molar-refractivity contribution < 1.29 is 5.11 Å². The summed E-state index contributed by atoms with van der Waals surface area (Å²) in [5.74, 6) is 0.0541. The summed E-state index contributed by atoms with van der Waals surface area (Å²) in [5.41, 5.74) is 6.87. The summed E-state index contributed by atoms with van der Waals surface area (Å²) < 4.78 is 0. The van der Waals surface area contributed by atoms with Gasteiger partial charge in [0, 0.05) is 17.7 Å². The molecular weight excluding hydrogens is 186 g/mol. The molecule has 0 fully saturated rings. The first-order chi connectivity index (χ1) is 6.15. The van der Waals surface area contributed by atoms with E-state index in [0.29, 0.717) is 5.02 Å². The molecule has 13 heavy (non-hydrogen) atoms. The van der Waals surface area contributed by atoms with E-state index in [-0.39, 0.29) is 18.6 Å². The third-order valence-electron chi connectivity index (χ3n) is 2.13. The van der Waals surface area contributed by atoms with Crippen molar-refractivity contribution in [3.8, 4) is 0 Å². The number of hydrogen-bond donors (Lipinski definition) is 2. The van der Waals surface area contributed by atoms with E-state index < -0.39 is 0 Å². The summed E-state index contributed by atoms with van der Waals surface area (Å²) >= 11 is 5.82. The Kier molecular flexibility index (Phi) is 3.72. The second-order valence-electron chi connectivity index (χ2n) is 3.24. The minimum Gasteiger partial charge on any atom is -0.396 e. The Labute approximate surface area is 83.3 Å². The van der Waals surface area contributed by atoms with Gasteiger partial charge in [-0.3, -0.25) is 0 Å². The zero-order chi connectivity index (χ0) is 9.84. The van der Waals surface area contributed by atoms with Crippen molar-refractivity contribution >= 4 is 11.6 Å².